The van der Waals surface area contributed by atoms with Gasteiger partial charge in [-0.2, -0.15) is 0 Å². The summed E-state index contributed by atoms with van der Waals surface area (Å²) in [5, 5.41) is 19.7. The van der Waals surface area contributed by atoms with E-state index in [4.69, 9.17) is 30.5 Å². The van der Waals surface area contributed by atoms with Gasteiger partial charge in [0.05, 0.1) is 20.3 Å². The standard InChI is InChI=1S/C20H25N3O5/c1-3-27-15-8-9-17(28-11-10-24)16(12-15)18(20(25)26-2)23-14-6-4-13(5-7-14)19(21)22/h4-9,12,18,23-24H,3,10-11H2,1-2H3,(H3,21,22). The molecule has 2 aromatic rings. The van der Waals surface area contributed by atoms with Crippen LogP contribution in [0.5, 0.6) is 11.5 Å². The van der Waals surface area contributed by atoms with Crippen LogP contribution in [0.1, 0.15) is 24.1 Å². The summed E-state index contributed by atoms with van der Waals surface area (Å²) in [5.74, 6) is 0.454. The minimum absolute atomic E-state index is 0.0415. The van der Waals surface area contributed by atoms with E-state index >= 15 is 0 Å². The van der Waals surface area contributed by atoms with Crippen LogP contribution in [0.4, 0.5) is 5.69 Å². The Bertz CT molecular complexity index is 808. The Morgan fingerprint density at radius 2 is 1.93 bits per heavy atom. The number of nitrogens with one attached hydrogen (secondary N) is 2. The van der Waals surface area contributed by atoms with E-state index in [0.717, 1.165) is 0 Å². The molecule has 0 aliphatic heterocycles. The van der Waals surface area contributed by atoms with Crippen molar-refractivity contribution >= 4 is 17.5 Å². The predicted molar refractivity (Wildman–Crippen MR) is 106 cm³/mol. The number of anilines is 1. The molecule has 1 atom stereocenters. The number of nitrogens with two attached hydrogens (primary N) is 1. The van der Waals surface area contributed by atoms with E-state index in [2.05, 4.69) is 5.32 Å². The van der Waals surface area contributed by atoms with Gasteiger partial charge in [0.1, 0.15) is 23.9 Å². The fourth-order valence-electron chi connectivity index (χ4n) is 2.59. The molecule has 0 fully saturated rings. The van der Waals surface area contributed by atoms with Crippen LogP contribution < -0.4 is 20.5 Å². The van der Waals surface area contributed by atoms with Crippen LogP contribution in [0.25, 0.3) is 0 Å². The maximum absolute atomic E-state index is 12.5. The van der Waals surface area contributed by atoms with Crippen molar-refractivity contribution in [2.24, 2.45) is 5.73 Å². The summed E-state index contributed by atoms with van der Waals surface area (Å²) in [5.41, 5.74) is 7.20. The molecule has 0 heterocycles. The summed E-state index contributed by atoms with van der Waals surface area (Å²) >= 11 is 0. The molecule has 2 rings (SSSR count). The largest absolute Gasteiger partial charge is 0.494 e. The smallest absolute Gasteiger partial charge is 0.333 e. The second-order valence-electron chi connectivity index (χ2n) is 5.80. The summed E-state index contributed by atoms with van der Waals surface area (Å²) < 4.78 is 16.1. The Morgan fingerprint density at radius 3 is 2.50 bits per heavy atom. The molecule has 1 unspecified atom stereocenters. The molecule has 28 heavy (non-hydrogen) atoms. The molecule has 2 aromatic carbocycles. The fraction of sp³-hybridized carbons (Fsp3) is 0.300. The number of aliphatic hydroxyl groups is 1. The van der Waals surface area contributed by atoms with Gasteiger partial charge in [-0.05, 0) is 49.4 Å². The Kier molecular flexibility index (Phi) is 7.65. The second-order valence-corrected chi connectivity index (χ2v) is 5.80. The first-order valence-corrected chi connectivity index (χ1v) is 8.79. The average molecular weight is 387 g/mol. The quantitative estimate of drug-likeness (QED) is 0.279. The molecule has 0 aliphatic rings. The molecule has 5 N–H and O–H groups in total. The Morgan fingerprint density at radius 1 is 1.21 bits per heavy atom. The van der Waals surface area contributed by atoms with Crippen molar-refractivity contribution in [2.75, 3.05) is 32.2 Å². The van der Waals surface area contributed by atoms with Gasteiger partial charge in [-0.25, -0.2) is 4.79 Å². The zero-order valence-electron chi connectivity index (χ0n) is 15.9. The summed E-state index contributed by atoms with van der Waals surface area (Å²) in [4.78, 5) is 12.5. The number of rotatable bonds is 10. The molecule has 0 bridgehead atoms. The zero-order chi connectivity index (χ0) is 20.5. The van der Waals surface area contributed by atoms with Crippen LogP contribution >= 0.6 is 0 Å². The molecule has 0 radical (unpaired) electrons. The molecule has 0 spiro atoms. The van der Waals surface area contributed by atoms with E-state index in [1.54, 1.807) is 42.5 Å². The number of carbonyl (C=O) groups is 1. The minimum atomic E-state index is -0.873. The molecule has 0 aromatic heterocycles. The minimum Gasteiger partial charge on any atom is -0.494 e. The highest BCUT2D eigenvalue weighted by Crippen LogP contribution is 2.32. The van der Waals surface area contributed by atoms with Crippen LogP contribution in [0.2, 0.25) is 0 Å². The number of hydrogen-bond donors (Lipinski definition) is 4. The highest BCUT2D eigenvalue weighted by atomic mass is 16.5. The summed E-state index contributed by atoms with van der Waals surface area (Å²) in [6.07, 6.45) is 0. The molecular weight excluding hydrogens is 362 g/mol. The van der Waals surface area contributed by atoms with E-state index in [9.17, 15) is 4.79 Å². The van der Waals surface area contributed by atoms with E-state index in [-0.39, 0.29) is 19.0 Å². The zero-order valence-corrected chi connectivity index (χ0v) is 15.9. The Hall–Kier alpha value is -3.26. The van der Waals surface area contributed by atoms with E-state index < -0.39 is 12.0 Å². The Labute approximate surface area is 163 Å². The number of esters is 1. The van der Waals surface area contributed by atoms with Crippen molar-refractivity contribution in [3.05, 3.63) is 53.6 Å². The maximum atomic E-state index is 12.5. The predicted octanol–water partition coefficient (Wildman–Crippen LogP) is 2.07. The molecule has 8 heteroatoms. The highest BCUT2D eigenvalue weighted by Gasteiger charge is 2.26. The normalized spacial score (nSPS) is 11.4. The third kappa shape index (κ3) is 5.37. The van der Waals surface area contributed by atoms with Crippen molar-refractivity contribution in [2.45, 2.75) is 13.0 Å². The Balaban J connectivity index is 2.41. The number of nitrogen functional groups attached to an aromatic ring is 1. The highest BCUT2D eigenvalue weighted by molar-refractivity contribution is 5.95. The van der Waals surface area contributed by atoms with Crippen LogP contribution in [0.3, 0.4) is 0 Å². The molecular formula is C20H25N3O5. The molecule has 8 nitrogen and oxygen atoms in total. The number of amidine groups is 1. The van der Waals surface area contributed by atoms with Gasteiger partial charge in [-0.1, -0.05) is 0 Å². The lowest BCUT2D eigenvalue weighted by Gasteiger charge is -2.22. The van der Waals surface area contributed by atoms with Crippen LogP contribution in [-0.2, 0) is 9.53 Å². The first kappa shape index (κ1) is 21.0. The van der Waals surface area contributed by atoms with Crippen molar-refractivity contribution in [1.29, 1.82) is 5.41 Å². The first-order valence-electron chi connectivity index (χ1n) is 8.79. The number of benzene rings is 2. The van der Waals surface area contributed by atoms with E-state index in [1.165, 1.54) is 7.11 Å². The first-order chi connectivity index (χ1) is 13.5. The molecule has 0 aliphatic carbocycles. The number of hydrogen-bond acceptors (Lipinski definition) is 7. The van der Waals surface area contributed by atoms with Gasteiger partial charge in [-0.15, -0.1) is 0 Å². The van der Waals surface area contributed by atoms with Crippen LogP contribution in [-0.4, -0.2) is 43.8 Å². The average Bonchev–Trinajstić information content (AvgIpc) is 2.71. The lowest BCUT2D eigenvalue weighted by Crippen LogP contribution is -2.23. The maximum Gasteiger partial charge on any atom is 0.333 e. The molecule has 150 valence electrons. The fourth-order valence-corrected chi connectivity index (χ4v) is 2.59. The van der Waals surface area contributed by atoms with Gasteiger partial charge in [-0.3, -0.25) is 5.41 Å². The van der Waals surface area contributed by atoms with E-state index in [0.29, 0.717) is 34.9 Å². The summed E-state index contributed by atoms with van der Waals surface area (Å²) in [6.45, 7) is 2.26. The van der Waals surface area contributed by atoms with Gasteiger partial charge in [0.25, 0.3) is 0 Å². The summed E-state index contributed by atoms with van der Waals surface area (Å²) in [6, 6.07) is 11.0. The van der Waals surface area contributed by atoms with Crippen molar-refractivity contribution in [3.63, 3.8) is 0 Å². The molecule has 0 saturated carbocycles. The number of methoxy groups -OCH3 is 1. The van der Waals surface area contributed by atoms with Crippen molar-refractivity contribution in [1.82, 2.24) is 0 Å². The third-order valence-electron chi connectivity index (χ3n) is 3.90. The lowest BCUT2D eigenvalue weighted by molar-refractivity contribution is -0.141. The SMILES string of the molecule is CCOc1ccc(OCCO)c(C(Nc2ccc(C(=N)N)cc2)C(=O)OC)c1. The molecule has 0 amide bonds. The number of aliphatic hydroxyl groups excluding tert-OH is 1. The van der Waals surface area contributed by atoms with Gasteiger partial charge in [0, 0.05) is 16.8 Å². The van der Waals surface area contributed by atoms with Crippen LogP contribution in [0, 0.1) is 5.41 Å². The lowest BCUT2D eigenvalue weighted by atomic mass is 10.0. The van der Waals surface area contributed by atoms with Crippen molar-refractivity contribution in [3.8, 4) is 11.5 Å². The monoisotopic (exact) mass is 387 g/mol. The van der Waals surface area contributed by atoms with Crippen molar-refractivity contribution < 1.29 is 24.1 Å². The van der Waals surface area contributed by atoms with Crippen LogP contribution in [0.15, 0.2) is 42.5 Å². The van der Waals surface area contributed by atoms with Gasteiger partial charge in [0.2, 0.25) is 0 Å². The van der Waals surface area contributed by atoms with Gasteiger partial charge >= 0.3 is 5.97 Å². The second kappa shape index (κ2) is 10.2. The third-order valence-corrected chi connectivity index (χ3v) is 3.90. The summed E-state index contributed by atoms with van der Waals surface area (Å²) in [7, 11) is 1.30. The molecule has 0 saturated heterocycles. The van der Waals surface area contributed by atoms with Gasteiger partial charge < -0.3 is 30.4 Å². The number of ether oxygens (including phenoxy) is 3. The topological polar surface area (TPSA) is 127 Å². The van der Waals surface area contributed by atoms with Gasteiger partial charge in [0.15, 0.2) is 6.04 Å². The number of carbonyl (C=O) groups excluding carboxylic acids is 1. The van der Waals surface area contributed by atoms with E-state index in [1.807, 2.05) is 6.92 Å².